The Labute approximate surface area is 195 Å². The van der Waals surface area contributed by atoms with Crippen LogP contribution in [0.15, 0.2) is 36.7 Å². The van der Waals surface area contributed by atoms with Gasteiger partial charge in [-0.25, -0.2) is 4.98 Å². The lowest BCUT2D eigenvalue weighted by Gasteiger charge is -2.11. The normalized spacial score (nSPS) is 10.4. The lowest BCUT2D eigenvalue weighted by Crippen LogP contribution is -2.30. The number of hydrazine groups is 1. The molecule has 3 rings (SSSR count). The van der Waals surface area contributed by atoms with Crippen LogP contribution in [0.5, 0.6) is 11.6 Å². The highest BCUT2D eigenvalue weighted by Crippen LogP contribution is 2.35. The Hall–Kier alpha value is -4.03. The van der Waals surface area contributed by atoms with Crippen molar-refractivity contribution in [3.05, 3.63) is 83.6 Å². The van der Waals surface area contributed by atoms with Crippen molar-refractivity contribution in [3.63, 3.8) is 0 Å². The smallest absolute Gasteiger partial charge is 0.374 e. The molecule has 1 aromatic heterocycles. The second kappa shape index (κ2) is 9.63. The van der Waals surface area contributed by atoms with Crippen LogP contribution in [0.1, 0.15) is 21.5 Å². The molecule has 0 saturated carbocycles. The van der Waals surface area contributed by atoms with Gasteiger partial charge in [0.15, 0.2) is 0 Å². The second-order valence-electron chi connectivity index (χ2n) is 6.61. The molecule has 14 heteroatoms. The number of nitrogens with one attached hydrogen (secondary N) is 2. The average molecular weight is 493 g/mol. The Morgan fingerprint density at radius 2 is 1.70 bits per heavy atom. The number of aromatic nitrogens is 2. The summed E-state index contributed by atoms with van der Waals surface area (Å²) in [5.41, 5.74) is 4.68. The van der Waals surface area contributed by atoms with Gasteiger partial charge in [0.05, 0.1) is 9.85 Å². The summed E-state index contributed by atoms with van der Waals surface area (Å²) in [6.07, 6.45) is 1.000. The second-order valence-corrected chi connectivity index (χ2v) is 7.39. The maximum Gasteiger partial charge on any atom is 0.374 e. The zero-order chi connectivity index (χ0) is 24.3. The van der Waals surface area contributed by atoms with Crippen LogP contribution in [-0.2, 0) is 0 Å². The molecule has 0 aliphatic rings. The first-order chi connectivity index (χ1) is 15.6. The first kappa shape index (κ1) is 23.6. The van der Waals surface area contributed by atoms with E-state index in [-0.39, 0.29) is 28.0 Å². The van der Waals surface area contributed by atoms with Crippen LogP contribution in [0.4, 0.5) is 17.2 Å². The summed E-state index contributed by atoms with van der Waals surface area (Å²) in [5, 5.41) is 23.1. The predicted molar refractivity (Wildman–Crippen MR) is 119 cm³/mol. The van der Waals surface area contributed by atoms with Crippen LogP contribution in [-0.4, -0.2) is 25.7 Å². The van der Waals surface area contributed by atoms with E-state index in [1.54, 1.807) is 26.0 Å². The third-order valence-electron chi connectivity index (χ3n) is 4.30. The lowest BCUT2D eigenvalue weighted by atomic mass is 10.1. The first-order valence-electron chi connectivity index (χ1n) is 9.02. The Balaban J connectivity index is 1.86. The monoisotopic (exact) mass is 492 g/mol. The van der Waals surface area contributed by atoms with E-state index in [0.29, 0.717) is 16.1 Å². The van der Waals surface area contributed by atoms with Crippen molar-refractivity contribution in [3.8, 4) is 11.6 Å². The van der Waals surface area contributed by atoms with Crippen LogP contribution in [0.2, 0.25) is 10.0 Å². The summed E-state index contributed by atoms with van der Waals surface area (Å²) in [7, 11) is 0. The van der Waals surface area contributed by atoms with Crippen molar-refractivity contribution in [2.45, 2.75) is 13.8 Å². The largest absolute Gasteiger partial charge is 0.434 e. The van der Waals surface area contributed by atoms with Gasteiger partial charge in [-0.1, -0.05) is 23.2 Å². The minimum Gasteiger partial charge on any atom is -0.434 e. The Morgan fingerprint density at radius 1 is 1.03 bits per heavy atom. The number of aryl methyl sites for hydroxylation is 2. The molecular weight excluding hydrogens is 479 g/mol. The number of rotatable bonds is 7. The number of halogens is 2. The van der Waals surface area contributed by atoms with E-state index in [1.165, 1.54) is 12.1 Å². The summed E-state index contributed by atoms with van der Waals surface area (Å²) < 4.78 is 5.58. The zero-order valence-electron chi connectivity index (χ0n) is 17.0. The van der Waals surface area contributed by atoms with Crippen LogP contribution >= 0.6 is 23.2 Å². The highest BCUT2D eigenvalue weighted by molar-refractivity contribution is 6.32. The van der Waals surface area contributed by atoms with E-state index in [9.17, 15) is 25.0 Å². The molecule has 0 aliphatic carbocycles. The van der Waals surface area contributed by atoms with Gasteiger partial charge >= 0.3 is 11.6 Å². The fourth-order valence-corrected chi connectivity index (χ4v) is 3.05. The first-order valence-corrected chi connectivity index (χ1v) is 9.78. The minimum absolute atomic E-state index is 0.112. The molecule has 33 heavy (non-hydrogen) atoms. The van der Waals surface area contributed by atoms with Crippen molar-refractivity contribution >= 4 is 46.3 Å². The molecular formula is C19H14Cl2N6O6. The van der Waals surface area contributed by atoms with E-state index >= 15 is 0 Å². The molecule has 0 atom stereocenters. The van der Waals surface area contributed by atoms with Crippen molar-refractivity contribution in [2.75, 3.05) is 5.43 Å². The molecule has 1 amide bonds. The lowest BCUT2D eigenvalue weighted by molar-refractivity contribution is -0.385. The van der Waals surface area contributed by atoms with Gasteiger partial charge in [-0.3, -0.25) is 35.9 Å². The summed E-state index contributed by atoms with van der Waals surface area (Å²) in [6.45, 7) is 3.50. The molecule has 170 valence electrons. The molecule has 0 unspecified atom stereocenters. The third-order valence-corrected chi connectivity index (χ3v) is 5.21. The fourth-order valence-electron chi connectivity index (χ4n) is 2.75. The standard InChI is InChI=1S/C19H14Cl2N6O6/c1-9-5-12(6-10(2)15(9)21)33-19-16(27(31)32)17(22-8-23-19)24-25-18(28)11-3-4-13(20)14(7-11)26(29)30/h3-8H,1-2H3,(H,25,28)(H,22,23,24). The molecule has 2 N–H and O–H groups in total. The van der Waals surface area contributed by atoms with Gasteiger partial charge in [0.25, 0.3) is 11.6 Å². The SMILES string of the molecule is Cc1cc(Oc2ncnc(NNC(=O)c3ccc(Cl)c([N+](=O)[O-])c3)c2[N+](=O)[O-])cc(C)c1Cl. The van der Waals surface area contributed by atoms with Crippen molar-refractivity contribution in [1.29, 1.82) is 0 Å². The molecule has 1 heterocycles. The molecule has 0 saturated heterocycles. The molecule has 0 spiro atoms. The molecule has 2 aromatic carbocycles. The number of nitrogens with zero attached hydrogens (tertiary/aromatic N) is 4. The zero-order valence-corrected chi connectivity index (χ0v) is 18.5. The number of carbonyl (C=O) groups is 1. The van der Waals surface area contributed by atoms with E-state index in [1.807, 2.05) is 0 Å². The summed E-state index contributed by atoms with van der Waals surface area (Å²) in [6, 6.07) is 6.57. The van der Waals surface area contributed by atoms with Gasteiger partial charge in [0.2, 0.25) is 5.82 Å². The van der Waals surface area contributed by atoms with Crippen molar-refractivity contribution < 1.29 is 19.4 Å². The number of ether oxygens (including phenoxy) is 1. The number of hydrogen-bond donors (Lipinski definition) is 2. The number of benzene rings is 2. The van der Waals surface area contributed by atoms with Crippen LogP contribution < -0.4 is 15.6 Å². The molecule has 0 bridgehead atoms. The Morgan fingerprint density at radius 3 is 2.30 bits per heavy atom. The number of amides is 1. The maximum atomic E-state index is 12.4. The minimum atomic E-state index is -0.825. The van der Waals surface area contributed by atoms with Gasteiger partial charge in [-0.15, -0.1) is 0 Å². The van der Waals surface area contributed by atoms with Crippen LogP contribution in [0, 0.1) is 34.1 Å². The van der Waals surface area contributed by atoms with Gasteiger partial charge in [-0.05, 0) is 49.2 Å². The van der Waals surface area contributed by atoms with E-state index < -0.39 is 27.1 Å². The Bertz CT molecular complexity index is 1260. The number of carbonyl (C=O) groups excluding carboxylic acids is 1. The number of anilines is 1. The van der Waals surface area contributed by atoms with E-state index in [0.717, 1.165) is 12.4 Å². The quantitative estimate of drug-likeness (QED) is 0.349. The number of nitro benzene ring substituents is 1. The average Bonchev–Trinajstić information content (AvgIpc) is 2.75. The molecule has 0 aliphatic heterocycles. The highest BCUT2D eigenvalue weighted by atomic mass is 35.5. The van der Waals surface area contributed by atoms with Gasteiger partial charge in [0, 0.05) is 16.7 Å². The molecule has 12 nitrogen and oxygen atoms in total. The fraction of sp³-hybridized carbons (Fsp3) is 0.105. The third kappa shape index (κ3) is 5.25. The molecule has 0 fully saturated rings. The topological polar surface area (TPSA) is 162 Å². The Kier molecular flexibility index (Phi) is 6.89. The maximum absolute atomic E-state index is 12.4. The van der Waals surface area contributed by atoms with E-state index in [4.69, 9.17) is 27.9 Å². The van der Waals surface area contributed by atoms with Crippen molar-refractivity contribution in [2.24, 2.45) is 0 Å². The summed E-state index contributed by atoms with van der Waals surface area (Å²) in [4.78, 5) is 41.1. The van der Waals surface area contributed by atoms with Crippen molar-refractivity contribution in [1.82, 2.24) is 15.4 Å². The number of nitro groups is 2. The highest BCUT2D eigenvalue weighted by Gasteiger charge is 2.26. The van der Waals surface area contributed by atoms with E-state index in [2.05, 4.69) is 20.8 Å². The predicted octanol–water partition coefficient (Wildman–Crippen LogP) is 4.77. The summed E-state index contributed by atoms with van der Waals surface area (Å²) >= 11 is 11.9. The molecule has 0 radical (unpaired) electrons. The summed E-state index contributed by atoms with van der Waals surface area (Å²) in [5.74, 6) is -1.31. The molecule has 3 aromatic rings. The van der Waals surface area contributed by atoms with Gasteiger partial charge in [0.1, 0.15) is 17.1 Å². The van der Waals surface area contributed by atoms with Crippen LogP contribution in [0.3, 0.4) is 0 Å². The van der Waals surface area contributed by atoms with Crippen LogP contribution in [0.25, 0.3) is 0 Å². The van der Waals surface area contributed by atoms with Gasteiger partial charge < -0.3 is 4.74 Å². The number of hydrogen-bond acceptors (Lipinski definition) is 9. The van der Waals surface area contributed by atoms with Gasteiger partial charge in [-0.2, -0.15) is 4.98 Å².